The van der Waals surface area contributed by atoms with E-state index in [4.69, 9.17) is 14.9 Å². The van der Waals surface area contributed by atoms with Crippen molar-refractivity contribution in [3.8, 4) is 5.75 Å². The van der Waals surface area contributed by atoms with E-state index >= 15 is 0 Å². The van der Waals surface area contributed by atoms with E-state index in [2.05, 4.69) is 20.6 Å². The van der Waals surface area contributed by atoms with E-state index in [-0.39, 0.29) is 0 Å². The second kappa shape index (κ2) is 6.91. The second-order valence-corrected chi connectivity index (χ2v) is 5.25. The molecule has 2 aromatic heterocycles. The number of anilines is 4. The number of nitrogens with two attached hydrogens (primary N) is 1. The van der Waals surface area contributed by atoms with Crippen molar-refractivity contribution in [2.75, 3.05) is 23.5 Å². The molecule has 4 N–H and O–H groups in total. The molecular formula is C17H19N5O2. The van der Waals surface area contributed by atoms with Gasteiger partial charge in [-0.2, -0.15) is 0 Å². The number of hydrogen-bond donors (Lipinski definition) is 3. The molecule has 2 heterocycles. The van der Waals surface area contributed by atoms with E-state index in [1.807, 2.05) is 37.3 Å². The van der Waals surface area contributed by atoms with E-state index in [0.717, 1.165) is 17.0 Å². The van der Waals surface area contributed by atoms with Gasteiger partial charge in [-0.3, -0.25) is 0 Å². The zero-order valence-electron chi connectivity index (χ0n) is 13.5. The number of hydrogen-bond acceptors (Lipinski definition) is 7. The Labute approximate surface area is 139 Å². The first-order valence-electron chi connectivity index (χ1n) is 7.45. The summed E-state index contributed by atoms with van der Waals surface area (Å²) < 4.78 is 10.6. The fraction of sp³-hybridized carbons (Fsp3) is 0.176. The van der Waals surface area contributed by atoms with Gasteiger partial charge in [0.1, 0.15) is 23.5 Å². The van der Waals surface area contributed by atoms with Gasteiger partial charge >= 0.3 is 0 Å². The average Bonchev–Trinajstić information content (AvgIpc) is 3.09. The highest BCUT2D eigenvalue weighted by Gasteiger charge is 2.11. The third-order valence-electron chi connectivity index (χ3n) is 3.50. The molecule has 0 unspecified atom stereocenters. The number of rotatable bonds is 6. The fourth-order valence-electron chi connectivity index (χ4n) is 2.27. The van der Waals surface area contributed by atoms with Crippen molar-refractivity contribution in [1.82, 2.24) is 9.97 Å². The second-order valence-electron chi connectivity index (χ2n) is 5.25. The number of aromatic nitrogens is 2. The molecule has 0 atom stereocenters. The molecule has 0 saturated carbocycles. The van der Waals surface area contributed by atoms with Crippen LogP contribution in [0.1, 0.15) is 11.3 Å². The molecule has 0 aliphatic carbocycles. The van der Waals surface area contributed by atoms with Gasteiger partial charge in [0.15, 0.2) is 11.6 Å². The molecule has 3 aromatic rings. The van der Waals surface area contributed by atoms with Crippen LogP contribution in [0.4, 0.5) is 23.0 Å². The molecule has 7 heteroatoms. The van der Waals surface area contributed by atoms with E-state index < -0.39 is 0 Å². The third kappa shape index (κ3) is 3.40. The Morgan fingerprint density at radius 2 is 2.04 bits per heavy atom. The van der Waals surface area contributed by atoms with E-state index in [9.17, 15) is 0 Å². The first-order valence-corrected chi connectivity index (χ1v) is 7.45. The lowest BCUT2D eigenvalue weighted by molar-refractivity contribution is 0.416. The number of nitrogens with one attached hydrogen (secondary N) is 2. The highest BCUT2D eigenvalue weighted by atomic mass is 16.5. The van der Waals surface area contributed by atoms with Crippen molar-refractivity contribution < 1.29 is 9.15 Å². The van der Waals surface area contributed by atoms with Crippen LogP contribution in [0.15, 0.2) is 47.3 Å². The number of ether oxygens (including phenoxy) is 1. The van der Waals surface area contributed by atoms with Crippen molar-refractivity contribution in [1.29, 1.82) is 0 Å². The zero-order valence-corrected chi connectivity index (χ0v) is 13.5. The Morgan fingerprint density at radius 3 is 2.79 bits per heavy atom. The molecule has 24 heavy (non-hydrogen) atoms. The number of aryl methyl sites for hydroxylation is 1. The quantitative estimate of drug-likeness (QED) is 0.639. The van der Waals surface area contributed by atoms with E-state index in [1.165, 1.54) is 6.33 Å². The SMILES string of the molecule is COc1ccc(C)cc1Nc1ncnc(NCc2ccco2)c1N. The van der Waals surface area contributed by atoms with E-state index in [1.54, 1.807) is 13.4 Å². The largest absolute Gasteiger partial charge is 0.495 e. The Hall–Kier alpha value is -3.22. The Balaban J connectivity index is 1.81. The van der Waals surface area contributed by atoms with Gasteiger partial charge in [0.25, 0.3) is 0 Å². The maximum absolute atomic E-state index is 6.18. The average molecular weight is 325 g/mol. The van der Waals surface area contributed by atoms with Gasteiger partial charge in [-0.05, 0) is 36.8 Å². The summed E-state index contributed by atoms with van der Waals surface area (Å²) in [4.78, 5) is 8.40. The van der Waals surface area contributed by atoms with Crippen LogP contribution in [0.2, 0.25) is 0 Å². The molecule has 0 aliphatic rings. The monoisotopic (exact) mass is 325 g/mol. The summed E-state index contributed by atoms with van der Waals surface area (Å²) in [6, 6.07) is 9.55. The molecule has 0 amide bonds. The molecule has 0 fully saturated rings. The highest BCUT2D eigenvalue weighted by Crippen LogP contribution is 2.31. The molecular weight excluding hydrogens is 306 g/mol. The van der Waals surface area contributed by atoms with Gasteiger partial charge in [-0.1, -0.05) is 6.07 Å². The topological polar surface area (TPSA) is 98.2 Å². The van der Waals surface area contributed by atoms with Crippen LogP contribution in [0, 0.1) is 6.92 Å². The summed E-state index contributed by atoms with van der Waals surface area (Å²) in [5.74, 6) is 2.55. The minimum Gasteiger partial charge on any atom is -0.495 e. The zero-order chi connectivity index (χ0) is 16.9. The van der Waals surface area contributed by atoms with Crippen LogP contribution in [0.3, 0.4) is 0 Å². The van der Waals surface area contributed by atoms with Crippen molar-refractivity contribution in [2.45, 2.75) is 13.5 Å². The Morgan fingerprint density at radius 1 is 1.21 bits per heavy atom. The smallest absolute Gasteiger partial charge is 0.159 e. The van der Waals surface area contributed by atoms with Crippen molar-refractivity contribution in [2.24, 2.45) is 0 Å². The third-order valence-corrected chi connectivity index (χ3v) is 3.50. The maximum atomic E-state index is 6.18. The normalized spacial score (nSPS) is 10.4. The lowest BCUT2D eigenvalue weighted by Crippen LogP contribution is -2.08. The Bertz CT molecular complexity index is 818. The summed E-state index contributed by atoms with van der Waals surface area (Å²) in [6.45, 7) is 2.49. The number of nitrogen functional groups attached to an aromatic ring is 1. The van der Waals surface area contributed by atoms with Crippen molar-refractivity contribution in [3.05, 3.63) is 54.2 Å². The minimum atomic E-state index is 0.424. The fourth-order valence-corrected chi connectivity index (χ4v) is 2.27. The van der Waals surface area contributed by atoms with Crippen LogP contribution in [-0.4, -0.2) is 17.1 Å². The van der Waals surface area contributed by atoms with Crippen LogP contribution in [0.25, 0.3) is 0 Å². The molecule has 0 saturated heterocycles. The van der Waals surface area contributed by atoms with Gasteiger partial charge in [0, 0.05) is 0 Å². The number of benzene rings is 1. The van der Waals surface area contributed by atoms with Crippen molar-refractivity contribution in [3.63, 3.8) is 0 Å². The summed E-state index contributed by atoms with van der Waals surface area (Å²) in [7, 11) is 1.62. The molecule has 0 aliphatic heterocycles. The predicted molar refractivity (Wildman–Crippen MR) is 93.5 cm³/mol. The molecule has 7 nitrogen and oxygen atoms in total. The molecule has 3 rings (SSSR count). The standard InChI is InChI=1S/C17H19N5O2/c1-11-5-6-14(23-2)13(8-11)22-17-15(18)16(20-10-21-17)19-9-12-4-3-7-24-12/h3-8,10H,9,18H2,1-2H3,(H2,19,20,21,22). The lowest BCUT2D eigenvalue weighted by Gasteiger charge is -2.14. The van der Waals surface area contributed by atoms with Gasteiger partial charge in [-0.25, -0.2) is 9.97 Å². The number of nitrogens with zero attached hydrogens (tertiary/aromatic N) is 2. The molecule has 0 radical (unpaired) electrons. The van der Waals surface area contributed by atoms with Crippen LogP contribution < -0.4 is 21.1 Å². The predicted octanol–water partition coefficient (Wildman–Crippen LogP) is 3.32. The Kier molecular flexibility index (Phi) is 4.51. The van der Waals surface area contributed by atoms with Gasteiger partial charge in [-0.15, -0.1) is 0 Å². The van der Waals surface area contributed by atoms with Gasteiger partial charge in [0.2, 0.25) is 0 Å². The summed E-state index contributed by atoms with van der Waals surface area (Å²) in [6.07, 6.45) is 3.07. The summed E-state index contributed by atoms with van der Waals surface area (Å²) in [5.41, 5.74) is 8.49. The summed E-state index contributed by atoms with van der Waals surface area (Å²) >= 11 is 0. The molecule has 1 aromatic carbocycles. The van der Waals surface area contributed by atoms with Crippen LogP contribution in [0.5, 0.6) is 5.75 Å². The first kappa shape index (κ1) is 15.7. The van der Waals surface area contributed by atoms with Crippen molar-refractivity contribution >= 4 is 23.0 Å². The molecule has 0 bridgehead atoms. The molecule has 0 spiro atoms. The highest BCUT2D eigenvalue weighted by molar-refractivity contribution is 5.79. The number of furan rings is 1. The summed E-state index contributed by atoms with van der Waals surface area (Å²) in [5, 5.41) is 6.34. The first-order chi connectivity index (χ1) is 11.7. The number of methoxy groups -OCH3 is 1. The van der Waals surface area contributed by atoms with Gasteiger partial charge < -0.3 is 25.5 Å². The lowest BCUT2D eigenvalue weighted by atomic mass is 10.2. The maximum Gasteiger partial charge on any atom is 0.159 e. The van der Waals surface area contributed by atoms with Gasteiger partial charge in [0.05, 0.1) is 25.6 Å². The van der Waals surface area contributed by atoms with Crippen LogP contribution >= 0.6 is 0 Å². The van der Waals surface area contributed by atoms with E-state index in [0.29, 0.717) is 29.6 Å². The van der Waals surface area contributed by atoms with Crippen LogP contribution in [-0.2, 0) is 6.54 Å². The molecule has 124 valence electrons. The minimum absolute atomic E-state index is 0.424.